The first-order valence-electron chi connectivity index (χ1n) is 11.6. The van der Waals surface area contributed by atoms with E-state index in [0.717, 1.165) is 24.2 Å². The van der Waals surface area contributed by atoms with E-state index >= 15 is 0 Å². The third-order valence-corrected chi connectivity index (χ3v) is 6.51. The predicted octanol–water partition coefficient (Wildman–Crippen LogP) is 5.27. The lowest BCUT2D eigenvalue weighted by Gasteiger charge is -2.24. The molecular formula is C27H28ClFN4O3. The minimum Gasteiger partial charge on any atom is -0.507 e. The van der Waals surface area contributed by atoms with Crippen molar-refractivity contribution in [3.63, 3.8) is 0 Å². The van der Waals surface area contributed by atoms with E-state index in [0.29, 0.717) is 23.4 Å². The van der Waals surface area contributed by atoms with E-state index in [4.69, 9.17) is 11.6 Å². The number of aromatic hydroxyl groups is 1. The van der Waals surface area contributed by atoms with Crippen molar-refractivity contribution in [1.82, 2.24) is 14.1 Å². The normalized spacial score (nSPS) is 11.2. The molecule has 0 saturated heterocycles. The van der Waals surface area contributed by atoms with Crippen LogP contribution in [-0.4, -0.2) is 37.6 Å². The zero-order valence-corrected chi connectivity index (χ0v) is 21.1. The second-order valence-corrected chi connectivity index (χ2v) is 9.07. The number of pyridine rings is 1. The number of anilines is 1. The smallest absolute Gasteiger partial charge is 0.332 e. The zero-order valence-electron chi connectivity index (χ0n) is 20.4. The first-order chi connectivity index (χ1) is 17.2. The average molecular weight is 511 g/mol. The first kappa shape index (κ1) is 25.5. The Balaban J connectivity index is 1.78. The van der Waals surface area contributed by atoms with Gasteiger partial charge in [0.15, 0.2) is 0 Å². The zero-order chi connectivity index (χ0) is 26.0. The molecule has 0 aliphatic heterocycles. The van der Waals surface area contributed by atoms with Gasteiger partial charge >= 0.3 is 5.69 Å². The number of hydrogen-bond donors (Lipinski definition) is 2. The largest absolute Gasteiger partial charge is 0.507 e. The minimum atomic E-state index is -0.538. The maximum Gasteiger partial charge on any atom is 0.332 e. The van der Waals surface area contributed by atoms with Crippen LogP contribution in [0.1, 0.15) is 25.5 Å². The van der Waals surface area contributed by atoms with E-state index in [1.54, 1.807) is 54.8 Å². The number of phenols is 1. The molecule has 0 unspecified atom stereocenters. The summed E-state index contributed by atoms with van der Waals surface area (Å²) in [5, 5.41) is 21.3. The monoisotopic (exact) mass is 510 g/mol. The highest BCUT2D eigenvalue weighted by Gasteiger charge is 2.18. The van der Waals surface area contributed by atoms with Gasteiger partial charge in [0.25, 0.3) is 0 Å². The Hall–Kier alpha value is -3.62. The van der Waals surface area contributed by atoms with Crippen molar-refractivity contribution in [2.24, 2.45) is 7.05 Å². The second-order valence-electron chi connectivity index (χ2n) is 8.66. The molecule has 2 N–H and O–H groups in total. The van der Waals surface area contributed by atoms with Gasteiger partial charge in [-0.05, 0) is 49.2 Å². The van der Waals surface area contributed by atoms with E-state index in [9.17, 15) is 19.4 Å². The summed E-state index contributed by atoms with van der Waals surface area (Å²) >= 11 is 6.49. The number of hydrogen-bond acceptors (Lipinski definition) is 5. The predicted molar refractivity (Wildman–Crippen MR) is 140 cm³/mol. The summed E-state index contributed by atoms with van der Waals surface area (Å²) in [6, 6.07) is 9.21. The number of unbranched alkanes of at least 4 members (excludes halogenated alkanes) is 1. The summed E-state index contributed by atoms with van der Waals surface area (Å²) in [5.41, 5.74) is 3.20. The van der Waals surface area contributed by atoms with Gasteiger partial charge in [0.1, 0.15) is 18.3 Å². The van der Waals surface area contributed by atoms with Crippen molar-refractivity contribution >= 4 is 17.3 Å². The van der Waals surface area contributed by atoms with E-state index in [2.05, 4.69) is 11.9 Å². The fourth-order valence-electron chi connectivity index (χ4n) is 4.16. The van der Waals surface area contributed by atoms with Crippen LogP contribution in [0.3, 0.4) is 0 Å². The van der Waals surface area contributed by atoms with Crippen LogP contribution < -0.4 is 10.6 Å². The highest BCUT2D eigenvalue weighted by Crippen LogP contribution is 2.41. The highest BCUT2D eigenvalue weighted by molar-refractivity contribution is 6.32. The van der Waals surface area contributed by atoms with Gasteiger partial charge in [-0.2, -0.15) is 0 Å². The average Bonchev–Trinajstić information content (AvgIpc) is 3.19. The fourth-order valence-corrected chi connectivity index (χ4v) is 4.43. The molecule has 7 nitrogen and oxygen atoms in total. The standard InChI is InChI=1S/C27H28ClFN4O3/c1-4-5-8-32(16-34)25-12-19(15-30-17(25)2)22-14-20(29)13-21(26(22)35)18-6-7-24(23(28)11-18)33-10-9-31(3)27(33)36/h6-7,9-15,34-35H,4-5,8,16H2,1-3H3. The van der Waals surface area contributed by atoms with Crippen LogP contribution in [-0.2, 0) is 7.05 Å². The summed E-state index contributed by atoms with van der Waals surface area (Å²) in [6.07, 6.45) is 6.67. The van der Waals surface area contributed by atoms with Gasteiger partial charge in [-0.3, -0.25) is 9.55 Å². The number of rotatable bonds is 8. The Bertz CT molecular complexity index is 1460. The molecule has 36 heavy (non-hydrogen) atoms. The summed E-state index contributed by atoms with van der Waals surface area (Å²) in [6.45, 7) is 4.38. The van der Waals surface area contributed by atoms with Crippen LogP contribution in [0.15, 0.2) is 59.8 Å². The number of aryl methyl sites for hydroxylation is 2. The first-order valence-corrected chi connectivity index (χ1v) is 12.0. The van der Waals surface area contributed by atoms with Crippen LogP contribution in [0.25, 0.3) is 27.9 Å². The fraction of sp³-hybridized carbons (Fsp3) is 0.259. The van der Waals surface area contributed by atoms with Crippen molar-refractivity contribution in [3.8, 4) is 33.7 Å². The number of aliphatic hydroxyl groups excluding tert-OH is 1. The lowest BCUT2D eigenvalue weighted by molar-refractivity contribution is 0.289. The van der Waals surface area contributed by atoms with Crippen molar-refractivity contribution in [2.75, 3.05) is 18.2 Å². The Morgan fingerprint density at radius 1 is 1.11 bits per heavy atom. The Morgan fingerprint density at radius 2 is 1.83 bits per heavy atom. The van der Waals surface area contributed by atoms with Gasteiger partial charge in [0.05, 0.1) is 22.1 Å². The number of nitrogens with zero attached hydrogens (tertiary/aromatic N) is 4. The van der Waals surface area contributed by atoms with Gasteiger partial charge < -0.3 is 19.7 Å². The Morgan fingerprint density at radius 3 is 2.44 bits per heavy atom. The summed E-state index contributed by atoms with van der Waals surface area (Å²) in [5.74, 6) is -0.665. The van der Waals surface area contributed by atoms with Crippen molar-refractivity contribution in [1.29, 1.82) is 0 Å². The van der Waals surface area contributed by atoms with Crippen LogP contribution in [0.4, 0.5) is 10.1 Å². The van der Waals surface area contributed by atoms with Gasteiger partial charge in [-0.25, -0.2) is 9.18 Å². The second kappa shape index (κ2) is 10.6. The molecule has 0 saturated carbocycles. The van der Waals surface area contributed by atoms with E-state index in [1.807, 2.05) is 6.92 Å². The lowest BCUT2D eigenvalue weighted by Crippen LogP contribution is -2.26. The van der Waals surface area contributed by atoms with Gasteiger partial charge in [-0.1, -0.05) is 31.0 Å². The quantitative estimate of drug-likeness (QED) is 0.316. The summed E-state index contributed by atoms with van der Waals surface area (Å²) < 4.78 is 17.6. The molecule has 0 radical (unpaired) electrons. The number of benzene rings is 2. The van der Waals surface area contributed by atoms with E-state index in [1.165, 1.54) is 21.3 Å². The summed E-state index contributed by atoms with van der Waals surface area (Å²) in [4.78, 5) is 18.5. The minimum absolute atomic E-state index is 0.127. The number of phenolic OH excluding ortho intramolecular Hbond substituents is 1. The molecule has 0 aliphatic carbocycles. The summed E-state index contributed by atoms with van der Waals surface area (Å²) in [7, 11) is 1.64. The van der Waals surface area contributed by atoms with Crippen LogP contribution in [0, 0.1) is 12.7 Å². The molecule has 0 spiro atoms. The van der Waals surface area contributed by atoms with Gasteiger partial charge in [0.2, 0.25) is 0 Å². The number of aliphatic hydroxyl groups is 1. The molecule has 0 fully saturated rings. The molecular weight excluding hydrogens is 483 g/mol. The van der Waals surface area contributed by atoms with Gasteiger partial charge in [0, 0.05) is 48.9 Å². The molecule has 0 bridgehead atoms. The molecule has 0 aliphatic rings. The SMILES string of the molecule is CCCCN(CO)c1cc(-c2cc(F)cc(-c3ccc(-n4ccn(C)c4=O)c(Cl)c3)c2O)cnc1C. The Labute approximate surface area is 213 Å². The molecule has 0 amide bonds. The third-order valence-electron chi connectivity index (χ3n) is 6.20. The molecule has 9 heteroatoms. The van der Waals surface area contributed by atoms with Crippen LogP contribution in [0.2, 0.25) is 5.02 Å². The molecule has 4 aromatic rings. The highest BCUT2D eigenvalue weighted by atomic mass is 35.5. The number of aromatic nitrogens is 3. The lowest BCUT2D eigenvalue weighted by atomic mass is 9.97. The van der Waals surface area contributed by atoms with Crippen molar-refractivity contribution in [2.45, 2.75) is 26.7 Å². The third kappa shape index (κ3) is 4.87. The molecule has 188 valence electrons. The molecule has 2 aromatic heterocycles. The molecule has 0 atom stereocenters. The molecule has 4 rings (SSSR count). The van der Waals surface area contributed by atoms with E-state index < -0.39 is 5.82 Å². The number of imidazole rings is 1. The van der Waals surface area contributed by atoms with E-state index in [-0.39, 0.29) is 34.3 Å². The van der Waals surface area contributed by atoms with Crippen molar-refractivity contribution < 1.29 is 14.6 Å². The van der Waals surface area contributed by atoms with Gasteiger partial charge in [-0.15, -0.1) is 0 Å². The maximum absolute atomic E-state index is 14.8. The van der Waals surface area contributed by atoms with Crippen LogP contribution >= 0.6 is 11.6 Å². The molecule has 2 aromatic carbocycles. The maximum atomic E-state index is 14.8. The Kier molecular flexibility index (Phi) is 7.47. The van der Waals surface area contributed by atoms with Crippen LogP contribution in [0.5, 0.6) is 5.75 Å². The van der Waals surface area contributed by atoms with Crippen molar-refractivity contribution in [3.05, 3.63) is 82.0 Å². The molecule has 2 heterocycles. The topological polar surface area (TPSA) is 83.5 Å². The number of halogens is 2.